The monoisotopic (exact) mass is 471 g/mol. The second kappa shape index (κ2) is 9.06. The Hall–Kier alpha value is -3.67. The number of fused-ring (bicyclic) bond motifs is 2. The Morgan fingerprint density at radius 1 is 0.909 bits per heavy atom. The molecule has 0 aliphatic rings. The number of benzene rings is 4. The van der Waals surface area contributed by atoms with Crippen LogP contribution in [0.5, 0.6) is 11.5 Å². The van der Waals surface area contributed by atoms with Crippen molar-refractivity contribution in [2.45, 2.75) is 0 Å². The molecule has 162 valence electrons. The molecule has 0 unspecified atom stereocenters. The summed E-state index contributed by atoms with van der Waals surface area (Å²) in [5, 5.41) is 3.45. The number of ether oxygens (including phenoxy) is 2. The minimum atomic E-state index is -0.517. The van der Waals surface area contributed by atoms with Gasteiger partial charge in [0.2, 0.25) is 0 Å². The maximum Gasteiger partial charge on any atom is 0.355 e. The summed E-state index contributed by atoms with van der Waals surface area (Å²) in [6.45, 7) is 0. The van der Waals surface area contributed by atoms with Crippen molar-refractivity contribution in [3.8, 4) is 11.5 Å². The Morgan fingerprint density at radius 2 is 1.67 bits per heavy atom. The molecule has 0 atom stereocenters. The van der Waals surface area contributed by atoms with Crippen LogP contribution < -0.4 is 9.47 Å². The van der Waals surface area contributed by atoms with Gasteiger partial charge in [0.15, 0.2) is 11.5 Å². The molecule has 0 saturated heterocycles. The largest absolute Gasteiger partial charge is 0.493 e. The Labute approximate surface area is 199 Å². The van der Waals surface area contributed by atoms with E-state index in [-0.39, 0.29) is 0 Å². The van der Waals surface area contributed by atoms with Crippen molar-refractivity contribution in [1.82, 2.24) is 0 Å². The number of halogens is 1. The molecular formula is C27H18ClNO3S. The molecule has 0 bridgehead atoms. The lowest BCUT2D eigenvalue weighted by Gasteiger charge is -2.09. The maximum atomic E-state index is 12.8. The van der Waals surface area contributed by atoms with Crippen LogP contribution in [-0.2, 0) is 0 Å². The molecule has 0 saturated carbocycles. The highest BCUT2D eigenvalue weighted by Gasteiger charge is 2.20. The lowest BCUT2D eigenvalue weighted by atomic mass is 10.1. The number of rotatable bonds is 5. The summed E-state index contributed by atoms with van der Waals surface area (Å²) in [6.07, 6.45) is 1.76. The van der Waals surface area contributed by atoms with Gasteiger partial charge >= 0.3 is 5.97 Å². The van der Waals surface area contributed by atoms with E-state index in [9.17, 15) is 4.79 Å². The second-order valence-electron chi connectivity index (χ2n) is 7.30. The van der Waals surface area contributed by atoms with E-state index in [0.717, 1.165) is 32.1 Å². The van der Waals surface area contributed by atoms with Crippen molar-refractivity contribution in [1.29, 1.82) is 0 Å². The predicted molar refractivity (Wildman–Crippen MR) is 136 cm³/mol. The van der Waals surface area contributed by atoms with E-state index in [1.54, 1.807) is 18.3 Å². The van der Waals surface area contributed by atoms with E-state index in [4.69, 9.17) is 21.1 Å². The van der Waals surface area contributed by atoms with Gasteiger partial charge in [0.1, 0.15) is 4.88 Å². The number of nitrogens with zero attached hydrogens (tertiary/aromatic N) is 1. The Balaban J connectivity index is 1.40. The number of hydrogen-bond acceptors (Lipinski definition) is 5. The first-order chi connectivity index (χ1) is 16.1. The van der Waals surface area contributed by atoms with Crippen LogP contribution in [0.4, 0.5) is 5.69 Å². The Morgan fingerprint density at radius 3 is 2.48 bits per heavy atom. The van der Waals surface area contributed by atoms with E-state index in [0.29, 0.717) is 21.4 Å². The average Bonchev–Trinajstić information content (AvgIpc) is 3.20. The van der Waals surface area contributed by atoms with Gasteiger partial charge in [-0.05, 0) is 41.3 Å². The van der Waals surface area contributed by atoms with Crippen molar-refractivity contribution in [3.63, 3.8) is 0 Å². The molecule has 4 aromatic carbocycles. The molecule has 0 spiro atoms. The SMILES string of the molecule is COc1cc(C=Nc2cccc3ccccc23)ccc1OC(=O)c1sc2ccccc2c1Cl. The van der Waals surface area contributed by atoms with Crippen LogP contribution in [0.1, 0.15) is 15.2 Å². The zero-order chi connectivity index (χ0) is 22.8. The fourth-order valence-electron chi connectivity index (χ4n) is 3.61. The zero-order valence-corrected chi connectivity index (χ0v) is 19.2. The summed E-state index contributed by atoms with van der Waals surface area (Å²) >= 11 is 7.72. The summed E-state index contributed by atoms with van der Waals surface area (Å²) in [6, 6.07) is 27.0. The molecule has 6 heteroatoms. The third-order valence-electron chi connectivity index (χ3n) is 5.23. The number of hydrogen-bond donors (Lipinski definition) is 0. The van der Waals surface area contributed by atoms with Gasteiger partial charge in [-0.25, -0.2) is 4.79 Å². The Kier molecular flexibility index (Phi) is 5.82. The van der Waals surface area contributed by atoms with Crippen LogP contribution in [0.2, 0.25) is 5.02 Å². The standard InChI is InChI=1S/C27H18ClNO3S/c1-31-23-15-17(16-29-21-11-6-8-18-7-2-3-9-19(18)21)13-14-22(23)32-27(30)26-25(28)20-10-4-5-12-24(20)33-26/h2-16H,1H3. The van der Waals surface area contributed by atoms with Gasteiger partial charge in [-0.15, -0.1) is 11.3 Å². The number of carbonyl (C=O) groups is 1. The van der Waals surface area contributed by atoms with Crippen molar-refractivity contribution in [3.05, 3.63) is 100 Å². The number of aliphatic imine (C=N–C) groups is 1. The molecule has 1 heterocycles. The van der Waals surface area contributed by atoms with E-state index in [1.165, 1.54) is 18.4 Å². The van der Waals surface area contributed by atoms with Crippen molar-refractivity contribution >= 4 is 61.7 Å². The highest BCUT2D eigenvalue weighted by molar-refractivity contribution is 7.21. The fourth-order valence-corrected chi connectivity index (χ4v) is 4.99. The van der Waals surface area contributed by atoms with Crippen LogP contribution in [0.3, 0.4) is 0 Å². The minimum absolute atomic E-state index is 0.318. The minimum Gasteiger partial charge on any atom is -0.493 e. The molecule has 0 amide bonds. The van der Waals surface area contributed by atoms with E-state index < -0.39 is 5.97 Å². The third-order valence-corrected chi connectivity index (χ3v) is 6.89. The molecule has 0 aliphatic carbocycles. The molecule has 4 nitrogen and oxygen atoms in total. The summed E-state index contributed by atoms with van der Waals surface area (Å²) in [5.74, 6) is 0.234. The zero-order valence-electron chi connectivity index (χ0n) is 17.6. The van der Waals surface area contributed by atoms with Crippen LogP contribution in [0.15, 0.2) is 89.9 Å². The topological polar surface area (TPSA) is 47.9 Å². The van der Waals surface area contributed by atoms with Crippen LogP contribution in [0.25, 0.3) is 20.9 Å². The molecular weight excluding hydrogens is 454 g/mol. The van der Waals surface area contributed by atoms with Gasteiger partial charge in [0.25, 0.3) is 0 Å². The summed E-state index contributed by atoms with van der Waals surface area (Å²) < 4.78 is 12.0. The van der Waals surface area contributed by atoms with Crippen LogP contribution in [-0.4, -0.2) is 19.3 Å². The Bertz CT molecular complexity index is 1520. The summed E-state index contributed by atoms with van der Waals surface area (Å²) in [5.41, 5.74) is 1.70. The van der Waals surface area contributed by atoms with Gasteiger partial charge < -0.3 is 9.47 Å². The molecule has 33 heavy (non-hydrogen) atoms. The molecule has 0 aliphatic heterocycles. The first-order valence-corrected chi connectivity index (χ1v) is 11.4. The number of carbonyl (C=O) groups excluding carboxylic acids is 1. The second-order valence-corrected chi connectivity index (χ2v) is 8.73. The highest BCUT2D eigenvalue weighted by Crippen LogP contribution is 2.37. The van der Waals surface area contributed by atoms with E-state index >= 15 is 0 Å². The first-order valence-electron chi connectivity index (χ1n) is 10.2. The highest BCUT2D eigenvalue weighted by atomic mass is 35.5. The molecule has 1 aromatic heterocycles. The summed E-state index contributed by atoms with van der Waals surface area (Å²) in [7, 11) is 1.53. The van der Waals surface area contributed by atoms with Crippen molar-refractivity contribution in [2.75, 3.05) is 7.11 Å². The number of esters is 1. The van der Waals surface area contributed by atoms with Crippen LogP contribution >= 0.6 is 22.9 Å². The third kappa shape index (κ3) is 4.21. The van der Waals surface area contributed by atoms with Crippen molar-refractivity contribution in [2.24, 2.45) is 4.99 Å². The number of thiophene rings is 1. The maximum absolute atomic E-state index is 12.8. The van der Waals surface area contributed by atoms with Gasteiger partial charge in [0.05, 0.1) is 17.8 Å². The lowest BCUT2D eigenvalue weighted by molar-refractivity contribution is 0.0735. The quantitative estimate of drug-likeness (QED) is 0.150. The normalized spacial score (nSPS) is 11.3. The molecule has 5 aromatic rings. The number of methoxy groups -OCH3 is 1. The smallest absolute Gasteiger partial charge is 0.355 e. The molecule has 0 radical (unpaired) electrons. The van der Waals surface area contributed by atoms with Crippen molar-refractivity contribution < 1.29 is 14.3 Å². The van der Waals surface area contributed by atoms with Crippen LogP contribution in [0, 0.1) is 0 Å². The van der Waals surface area contributed by atoms with Gasteiger partial charge in [-0.3, -0.25) is 4.99 Å². The summed E-state index contributed by atoms with van der Waals surface area (Å²) in [4.78, 5) is 17.8. The lowest BCUT2D eigenvalue weighted by Crippen LogP contribution is -2.08. The van der Waals surface area contributed by atoms with E-state index in [1.807, 2.05) is 60.7 Å². The predicted octanol–water partition coefficient (Wildman–Crippen LogP) is 7.69. The molecule has 0 N–H and O–H groups in total. The average molecular weight is 472 g/mol. The first kappa shape index (κ1) is 21.2. The van der Waals surface area contributed by atoms with E-state index in [2.05, 4.69) is 17.1 Å². The van der Waals surface area contributed by atoms with Gasteiger partial charge in [-0.1, -0.05) is 66.2 Å². The molecule has 5 rings (SSSR count). The van der Waals surface area contributed by atoms with Gasteiger partial charge in [0, 0.05) is 21.7 Å². The van der Waals surface area contributed by atoms with Gasteiger partial charge in [-0.2, -0.15) is 0 Å². The molecule has 0 fully saturated rings. The fraction of sp³-hybridized carbons (Fsp3) is 0.0370.